The fourth-order valence-electron chi connectivity index (χ4n) is 2.31. The first-order valence-corrected chi connectivity index (χ1v) is 8.54. The van der Waals surface area contributed by atoms with Gasteiger partial charge in [-0.2, -0.15) is 11.3 Å². The van der Waals surface area contributed by atoms with Crippen molar-refractivity contribution in [1.82, 2.24) is 9.97 Å². The minimum atomic E-state index is 0.567. The van der Waals surface area contributed by atoms with E-state index in [2.05, 4.69) is 33.9 Å². The van der Waals surface area contributed by atoms with Crippen LogP contribution in [0.15, 0.2) is 53.2 Å². The van der Waals surface area contributed by atoms with E-state index in [1.54, 1.807) is 29.8 Å². The van der Waals surface area contributed by atoms with Crippen LogP contribution in [0.1, 0.15) is 0 Å². The summed E-state index contributed by atoms with van der Waals surface area (Å²) >= 11 is 3.41. The van der Waals surface area contributed by atoms with Crippen molar-refractivity contribution in [2.24, 2.45) is 0 Å². The van der Waals surface area contributed by atoms with Gasteiger partial charge in [0, 0.05) is 10.4 Å². The summed E-state index contributed by atoms with van der Waals surface area (Å²) in [4.78, 5) is 11.6. The van der Waals surface area contributed by atoms with Gasteiger partial charge in [-0.3, -0.25) is 0 Å². The Morgan fingerprint density at radius 2 is 1.68 bits per heavy atom. The van der Waals surface area contributed by atoms with E-state index in [0.717, 1.165) is 21.6 Å². The second kappa shape index (κ2) is 5.51. The van der Waals surface area contributed by atoms with Crippen LogP contribution >= 0.6 is 22.7 Å². The van der Waals surface area contributed by atoms with Crippen LogP contribution in [0.4, 0.5) is 0 Å². The number of ether oxygens (including phenoxy) is 1. The Morgan fingerprint density at radius 3 is 2.41 bits per heavy atom. The maximum absolute atomic E-state index is 5.44. The number of methoxy groups -OCH3 is 1. The van der Waals surface area contributed by atoms with E-state index in [0.29, 0.717) is 5.88 Å². The van der Waals surface area contributed by atoms with Crippen LogP contribution < -0.4 is 4.74 Å². The van der Waals surface area contributed by atoms with E-state index >= 15 is 0 Å². The highest BCUT2D eigenvalue weighted by Crippen LogP contribution is 2.38. The molecule has 0 bridgehead atoms. The second-order valence-corrected chi connectivity index (χ2v) is 6.61. The van der Waals surface area contributed by atoms with E-state index in [1.807, 2.05) is 24.3 Å². The molecule has 0 aliphatic carbocycles. The lowest BCUT2D eigenvalue weighted by molar-refractivity contribution is 0.400. The number of nitrogens with zero attached hydrogens (tertiary/aromatic N) is 2. The van der Waals surface area contributed by atoms with Gasteiger partial charge in [0.25, 0.3) is 0 Å². The lowest BCUT2D eigenvalue weighted by Crippen LogP contribution is -1.95. The quantitative estimate of drug-likeness (QED) is 0.526. The molecule has 0 saturated carbocycles. The molecule has 3 aromatic heterocycles. The normalized spacial score (nSPS) is 11.0. The minimum absolute atomic E-state index is 0.567. The molecule has 0 unspecified atom stereocenters. The van der Waals surface area contributed by atoms with Crippen LogP contribution in [0.25, 0.3) is 32.0 Å². The van der Waals surface area contributed by atoms with Crippen LogP contribution in [-0.2, 0) is 0 Å². The van der Waals surface area contributed by atoms with Crippen LogP contribution in [0, 0.1) is 0 Å². The van der Waals surface area contributed by atoms with Crippen molar-refractivity contribution in [2.75, 3.05) is 7.11 Å². The number of benzene rings is 1. The highest BCUT2D eigenvalue weighted by atomic mass is 32.1. The summed E-state index contributed by atoms with van der Waals surface area (Å²) in [6, 6.07) is 14.2. The second-order valence-electron chi connectivity index (χ2n) is 4.75. The van der Waals surface area contributed by atoms with Gasteiger partial charge < -0.3 is 4.74 Å². The van der Waals surface area contributed by atoms with Crippen molar-refractivity contribution in [3.8, 4) is 26.9 Å². The maximum atomic E-state index is 5.44. The maximum Gasteiger partial charge on any atom is 0.241 e. The van der Waals surface area contributed by atoms with Gasteiger partial charge in [0.05, 0.1) is 23.0 Å². The van der Waals surface area contributed by atoms with E-state index < -0.39 is 0 Å². The smallest absolute Gasteiger partial charge is 0.241 e. The van der Waals surface area contributed by atoms with E-state index in [1.165, 1.54) is 10.4 Å². The van der Waals surface area contributed by atoms with Crippen LogP contribution in [-0.4, -0.2) is 17.1 Å². The van der Waals surface area contributed by atoms with Gasteiger partial charge in [-0.1, -0.05) is 12.1 Å². The van der Waals surface area contributed by atoms with Gasteiger partial charge in [-0.05, 0) is 41.1 Å². The topological polar surface area (TPSA) is 35.0 Å². The summed E-state index contributed by atoms with van der Waals surface area (Å²) in [6.45, 7) is 0. The molecule has 0 N–H and O–H groups in total. The molecule has 0 saturated heterocycles. The summed E-state index contributed by atoms with van der Waals surface area (Å²) in [5.41, 5.74) is 3.77. The molecule has 22 heavy (non-hydrogen) atoms. The zero-order chi connectivity index (χ0) is 14.9. The highest BCUT2D eigenvalue weighted by Gasteiger charge is 2.14. The first kappa shape index (κ1) is 13.4. The van der Waals surface area contributed by atoms with E-state index in [9.17, 15) is 0 Å². The van der Waals surface area contributed by atoms with Gasteiger partial charge in [-0.25, -0.2) is 9.97 Å². The Morgan fingerprint density at radius 1 is 0.909 bits per heavy atom. The van der Waals surface area contributed by atoms with Gasteiger partial charge >= 0.3 is 0 Å². The Kier molecular flexibility index (Phi) is 3.36. The average Bonchev–Trinajstić information content (AvgIpc) is 3.24. The Balaban J connectivity index is 1.86. The number of hydrogen-bond acceptors (Lipinski definition) is 5. The molecule has 5 heteroatoms. The fraction of sp³-hybridized carbons (Fsp3) is 0.0588. The van der Waals surface area contributed by atoms with Crippen molar-refractivity contribution in [3.63, 3.8) is 0 Å². The van der Waals surface area contributed by atoms with Gasteiger partial charge in [0.1, 0.15) is 5.69 Å². The molecule has 0 amide bonds. The van der Waals surface area contributed by atoms with Gasteiger partial charge in [0.15, 0.2) is 0 Å². The van der Waals surface area contributed by atoms with Crippen LogP contribution in [0.3, 0.4) is 0 Å². The molecule has 0 fully saturated rings. The average molecular weight is 324 g/mol. The van der Waals surface area contributed by atoms with Crippen molar-refractivity contribution < 1.29 is 4.74 Å². The molecular formula is C17H12N2OS2. The van der Waals surface area contributed by atoms with Crippen molar-refractivity contribution in [1.29, 1.82) is 0 Å². The molecule has 0 aliphatic rings. The zero-order valence-corrected chi connectivity index (χ0v) is 13.4. The summed E-state index contributed by atoms with van der Waals surface area (Å²) in [7, 11) is 1.63. The lowest BCUT2D eigenvalue weighted by Gasteiger charge is -2.06. The molecule has 108 valence electrons. The van der Waals surface area contributed by atoms with Gasteiger partial charge in [-0.15, -0.1) is 11.3 Å². The molecule has 1 aromatic carbocycles. The predicted molar refractivity (Wildman–Crippen MR) is 92.7 cm³/mol. The fourth-order valence-corrected chi connectivity index (χ4v) is 4.03. The van der Waals surface area contributed by atoms with Crippen LogP contribution in [0.5, 0.6) is 5.88 Å². The molecule has 0 radical (unpaired) electrons. The van der Waals surface area contributed by atoms with Crippen molar-refractivity contribution in [2.45, 2.75) is 0 Å². The minimum Gasteiger partial charge on any atom is -0.479 e. The largest absolute Gasteiger partial charge is 0.479 e. The lowest BCUT2D eigenvalue weighted by atomic mass is 10.2. The number of aromatic nitrogens is 2. The van der Waals surface area contributed by atoms with Crippen LogP contribution in [0.2, 0.25) is 0 Å². The molecule has 3 nitrogen and oxygen atoms in total. The number of fused-ring (bicyclic) bond motifs is 1. The summed E-state index contributed by atoms with van der Waals surface area (Å²) in [5, 5.41) is 4.24. The third kappa shape index (κ3) is 2.28. The van der Waals surface area contributed by atoms with Crippen molar-refractivity contribution in [3.05, 3.63) is 53.2 Å². The monoisotopic (exact) mass is 324 g/mol. The Bertz CT molecular complexity index is 929. The summed E-state index contributed by atoms with van der Waals surface area (Å²) < 4.78 is 5.44. The number of para-hydroxylation sites is 2. The van der Waals surface area contributed by atoms with E-state index in [-0.39, 0.29) is 0 Å². The number of rotatable bonds is 3. The molecular weight excluding hydrogens is 312 g/mol. The Hall–Kier alpha value is -2.24. The third-order valence-corrected chi connectivity index (χ3v) is 5.20. The first-order valence-electron chi connectivity index (χ1n) is 6.79. The molecule has 4 rings (SSSR count). The Labute approximate surface area is 135 Å². The van der Waals surface area contributed by atoms with Gasteiger partial charge in [0.2, 0.25) is 5.88 Å². The molecule has 0 atom stereocenters. The molecule has 4 aromatic rings. The summed E-state index contributed by atoms with van der Waals surface area (Å²) in [6.07, 6.45) is 0. The standard InChI is InChI=1S/C17H12N2OS2/c1-20-17-16(18-12-4-2-3-5-13(12)19-17)15-7-6-14(22-15)11-8-9-21-10-11/h2-10H,1H3. The first-order chi connectivity index (χ1) is 10.8. The van der Waals surface area contributed by atoms with E-state index in [4.69, 9.17) is 9.72 Å². The molecule has 3 heterocycles. The zero-order valence-electron chi connectivity index (χ0n) is 11.8. The van der Waals surface area contributed by atoms with Crippen molar-refractivity contribution >= 4 is 33.7 Å². The summed E-state index contributed by atoms with van der Waals surface area (Å²) in [5.74, 6) is 0.567. The predicted octanol–water partition coefficient (Wildman–Crippen LogP) is 5.10. The third-order valence-electron chi connectivity index (χ3n) is 3.38. The number of thiophene rings is 2. The molecule has 0 aliphatic heterocycles. The molecule has 0 spiro atoms. The highest BCUT2D eigenvalue weighted by molar-refractivity contribution is 7.19. The number of hydrogen-bond donors (Lipinski definition) is 0. The SMILES string of the molecule is COc1nc2ccccc2nc1-c1ccc(-c2ccsc2)s1.